The number of nitrogens with zero attached hydrogens (tertiary/aromatic N) is 4. The Labute approximate surface area is 119 Å². The first-order chi connectivity index (χ1) is 9.63. The Hall–Kier alpha value is -1.62. The Morgan fingerprint density at radius 2 is 2.05 bits per heavy atom. The Morgan fingerprint density at radius 1 is 1.20 bits per heavy atom. The van der Waals surface area contributed by atoms with Crippen LogP contribution in [-0.4, -0.2) is 25.6 Å². The number of fused-ring (bicyclic) bond motifs is 4. The zero-order valence-corrected chi connectivity index (χ0v) is 12.3. The average Bonchev–Trinajstić information content (AvgIpc) is 2.89. The van der Waals surface area contributed by atoms with Gasteiger partial charge in [0.15, 0.2) is 0 Å². The van der Waals surface area contributed by atoms with Gasteiger partial charge in [0, 0.05) is 25.7 Å². The summed E-state index contributed by atoms with van der Waals surface area (Å²) in [6.45, 7) is 2.04. The SMILES string of the molecule is Cc1cc(-c2c3c(nn2C)[C@H]2CCC[C@@H](C3)N2)n(C)n1. The van der Waals surface area contributed by atoms with Gasteiger partial charge in [0.2, 0.25) is 0 Å². The molecule has 1 N–H and O–H groups in total. The van der Waals surface area contributed by atoms with Gasteiger partial charge in [0.25, 0.3) is 0 Å². The van der Waals surface area contributed by atoms with Gasteiger partial charge < -0.3 is 5.32 Å². The summed E-state index contributed by atoms with van der Waals surface area (Å²) >= 11 is 0. The Balaban J connectivity index is 1.90. The van der Waals surface area contributed by atoms with Crippen molar-refractivity contribution in [1.29, 1.82) is 0 Å². The van der Waals surface area contributed by atoms with Crippen molar-refractivity contribution in [3.05, 3.63) is 23.0 Å². The third-order valence-corrected chi connectivity index (χ3v) is 4.68. The number of aromatic nitrogens is 4. The van der Waals surface area contributed by atoms with Crippen LogP contribution in [0.1, 0.15) is 42.3 Å². The second kappa shape index (κ2) is 4.19. The number of rotatable bonds is 1. The molecule has 4 rings (SSSR count). The van der Waals surface area contributed by atoms with Gasteiger partial charge in [-0.2, -0.15) is 10.2 Å². The van der Waals surface area contributed by atoms with E-state index in [1.54, 1.807) is 0 Å². The van der Waals surface area contributed by atoms with E-state index in [1.165, 1.54) is 41.9 Å². The van der Waals surface area contributed by atoms with Crippen LogP contribution in [0.2, 0.25) is 0 Å². The molecule has 2 aliphatic heterocycles. The zero-order chi connectivity index (χ0) is 13.9. The molecule has 106 valence electrons. The number of hydrogen-bond acceptors (Lipinski definition) is 3. The van der Waals surface area contributed by atoms with Crippen LogP contribution >= 0.6 is 0 Å². The molecule has 2 aromatic heterocycles. The largest absolute Gasteiger partial charge is 0.305 e. The van der Waals surface area contributed by atoms with Crippen molar-refractivity contribution in [2.75, 3.05) is 0 Å². The van der Waals surface area contributed by atoms with Crippen molar-refractivity contribution < 1.29 is 0 Å². The molecule has 0 unspecified atom stereocenters. The summed E-state index contributed by atoms with van der Waals surface area (Å²) in [5.41, 5.74) is 6.19. The predicted molar refractivity (Wildman–Crippen MR) is 77.4 cm³/mol. The lowest BCUT2D eigenvalue weighted by Crippen LogP contribution is -2.42. The van der Waals surface area contributed by atoms with E-state index in [0.717, 1.165) is 12.1 Å². The van der Waals surface area contributed by atoms with E-state index in [9.17, 15) is 0 Å². The smallest absolute Gasteiger partial charge is 0.0896 e. The molecular weight excluding hydrogens is 250 g/mol. The van der Waals surface area contributed by atoms with Crippen LogP contribution < -0.4 is 5.32 Å². The van der Waals surface area contributed by atoms with Crippen LogP contribution in [0.15, 0.2) is 6.07 Å². The molecule has 0 spiro atoms. The highest BCUT2D eigenvalue weighted by molar-refractivity contribution is 5.63. The van der Waals surface area contributed by atoms with E-state index < -0.39 is 0 Å². The average molecular weight is 271 g/mol. The first kappa shape index (κ1) is 12.1. The molecule has 0 radical (unpaired) electrons. The minimum absolute atomic E-state index is 0.451. The summed E-state index contributed by atoms with van der Waals surface area (Å²) in [5, 5.41) is 13.0. The van der Waals surface area contributed by atoms with Gasteiger partial charge in [-0.3, -0.25) is 9.36 Å². The first-order valence-corrected chi connectivity index (χ1v) is 7.46. The Kier molecular flexibility index (Phi) is 2.54. The molecule has 0 amide bonds. The fourth-order valence-electron chi connectivity index (χ4n) is 3.87. The predicted octanol–water partition coefficient (Wildman–Crippen LogP) is 1.87. The molecule has 1 saturated heterocycles. The lowest BCUT2D eigenvalue weighted by molar-refractivity contribution is 0.297. The first-order valence-electron chi connectivity index (χ1n) is 7.46. The highest BCUT2D eigenvalue weighted by atomic mass is 15.3. The van der Waals surface area contributed by atoms with Crippen LogP contribution in [0.25, 0.3) is 11.4 Å². The monoisotopic (exact) mass is 271 g/mol. The van der Waals surface area contributed by atoms with E-state index in [0.29, 0.717) is 12.1 Å². The number of nitrogens with one attached hydrogen (secondary N) is 1. The molecule has 2 bridgehead atoms. The van der Waals surface area contributed by atoms with Crippen molar-refractivity contribution in [1.82, 2.24) is 24.9 Å². The second-order valence-corrected chi connectivity index (χ2v) is 6.18. The Morgan fingerprint density at radius 3 is 2.80 bits per heavy atom. The highest BCUT2D eigenvalue weighted by Crippen LogP contribution is 2.38. The van der Waals surface area contributed by atoms with Crippen LogP contribution in [0.5, 0.6) is 0 Å². The molecule has 0 aliphatic carbocycles. The second-order valence-electron chi connectivity index (χ2n) is 6.18. The molecule has 5 heteroatoms. The number of hydrogen-bond donors (Lipinski definition) is 1. The summed E-state index contributed by atoms with van der Waals surface area (Å²) in [4.78, 5) is 0. The van der Waals surface area contributed by atoms with Gasteiger partial charge in [-0.15, -0.1) is 0 Å². The van der Waals surface area contributed by atoms with Gasteiger partial charge in [0.05, 0.1) is 28.8 Å². The highest BCUT2D eigenvalue weighted by Gasteiger charge is 2.35. The number of piperidine rings is 1. The molecule has 0 saturated carbocycles. The summed E-state index contributed by atoms with van der Waals surface area (Å²) in [5.74, 6) is 0. The molecule has 4 heterocycles. The normalized spacial score (nSPS) is 24.8. The van der Waals surface area contributed by atoms with E-state index in [1.807, 2.05) is 23.3 Å². The van der Waals surface area contributed by atoms with E-state index in [4.69, 9.17) is 5.10 Å². The fourth-order valence-corrected chi connectivity index (χ4v) is 3.87. The quantitative estimate of drug-likeness (QED) is 0.861. The van der Waals surface area contributed by atoms with E-state index in [-0.39, 0.29) is 0 Å². The third kappa shape index (κ3) is 1.66. The van der Waals surface area contributed by atoms with Crippen LogP contribution in [-0.2, 0) is 20.5 Å². The van der Waals surface area contributed by atoms with Gasteiger partial charge in [-0.1, -0.05) is 0 Å². The summed E-state index contributed by atoms with van der Waals surface area (Å²) < 4.78 is 4.02. The standard InChI is InChI=1S/C15H21N5/c1-9-7-13(19(2)17-9)15-11-8-10-5-4-6-12(16-10)14(11)18-20(15)3/h7,10,12,16H,4-6,8H2,1-3H3/t10-,12+/m0/s1. The molecule has 5 nitrogen and oxygen atoms in total. The van der Waals surface area contributed by atoms with Crippen molar-refractivity contribution in [2.45, 2.75) is 44.7 Å². The molecule has 2 aliphatic rings. The van der Waals surface area contributed by atoms with Gasteiger partial charge in [0.1, 0.15) is 0 Å². The van der Waals surface area contributed by atoms with Gasteiger partial charge in [-0.25, -0.2) is 0 Å². The van der Waals surface area contributed by atoms with Crippen molar-refractivity contribution in [3.8, 4) is 11.4 Å². The van der Waals surface area contributed by atoms with E-state index in [2.05, 4.69) is 23.5 Å². The van der Waals surface area contributed by atoms with Crippen molar-refractivity contribution in [3.63, 3.8) is 0 Å². The summed E-state index contributed by atoms with van der Waals surface area (Å²) in [7, 11) is 4.07. The molecule has 0 aromatic carbocycles. The maximum atomic E-state index is 4.81. The molecule has 2 atom stereocenters. The van der Waals surface area contributed by atoms with Crippen LogP contribution in [0.3, 0.4) is 0 Å². The maximum Gasteiger partial charge on any atom is 0.0896 e. The lowest BCUT2D eigenvalue weighted by Gasteiger charge is -2.35. The summed E-state index contributed by atoms with van der Waals surface area (Å²) in [6.07, 6.45) is 4.91. The van der Waals surface area contributed by atoms with Crippen molar-refractivity contribution in [2.24, 2.45) is 14.1 Å². The number of aryl methyl sites for hydroxylation is 3. The van der Waals surface area contributed by atoms with Crippen LogP contribution in [0.4, 0.5) is 0 Å². The maximum absolute atomic E-state index is 4.81. The molecular formula is C15H21N5. The van der Waals surface area contributed by atoms with Gasteiger partial charge >= 0.3 is 0 Å². The lowest BCUT2D eigenvalue weighted by atomic mass is 9.84. The topological polar surface area (TPSA) is 47.7 Å². The van der Waals surface area contributed by atoms with Crippen molar-refractivity contribution >= 4 is 0 Å². The minimum atomic E-state index is 0.451. The van der Waals surface area contributed by atoms with Gasteiger partial charge in [-0.05, 0) is 38.7 Å². The molecule has 20 heavy (non-hydrogen) atoms. The van der Waals surface area contributed by atoms with E-state index >= 15 is 0 Å². The minimum Gasteiger partial charge on any atom is -0.305 e. The third-order valence-electron chi connectivity index (χ3n) is 4.68. The van der Waals surface area contributed by atoms with Crippen LogP contribution in [0, 0.1) is 6.92 Å². The summed E-state index contributed by atoms with van der Waals surface area (Å²) in [6, 6.07) is 3.24. The zero-order valence-electron chi connectivity index (χ0n) is 12.3. The molecule has 1 fully saturated rings. The molecule has 2 aromatic rings. The fraction of sp³-hybridized carbons (Fsp3) is 0.600. The Bertz CT molecular complexity index is 666.